The second-order valence-corrected chi connectivity index (χ2v) is 7.80. The molecule has 1 aromatic carbocycles. The quantitative estimate of drug-likeness (QED) is 0.909. The van der Waals surface area contributed by atoms with Gasteiger partial charge in [-0.25, -0.2) is 8.42 Å². The topological polar surface area (TPSA) is 63.4 Å². The number of halogens is 2. The zero-order valence-electron chi connectivity index (χ0n) is 12.3. The Bertz CT molecular complexity index is 591. The van der Waals surface area contributed by atoms with Gasteiger partial charge < -0.3 is 5.73 Å². The molecular weight excluding hydrogens is 331 g/mol. The van der Waals surface area contributed by atoms with Crippen molar-refractivity contribution in [2.24, 2.45) is 11.7 Å². The lowest BCUT2D eigenvalue weighted by molar-refractivity contribution is 0.243. The average molecular weight is 353 g/mol. The maximum atomic E-state index is 12.7. The summed E-state index contributed by atoms with van der Waals surface area (Å²) in [6, 6.07) is 5.10. The van der Waals surface area contributed by atoms with E-state index in [0.717, 1.165) is 18.4 Å². The highest BCUT2D eigenvalue weighted by Gasteiger charge is 2.32. The molecule has 0 aliphatic carbocycles. The van der Waals surface area contributed by atoms with Crippen LogP contribution in [0.4, 0.5) is 0 Å². The smallest absolute Gasteiger partial charge is 0.244 e. The highest BCUT2D eigenvalue weighted by molar-refractivity contribution is 7.89. The lowest BCUT2D eigenvalue weighted by Crippen LogP contribution is -2.45. The zero-order valence-corrected chi connectivity index (χ0v) is 14.6. The second kappa shape index (κ2) is 7.29. The lowest BCUT2D eigenvalue weighted by Gasteiger charge is -2.34. The predicted molar refractivity (Wildman–Crippen MR) is 88.6 cm³/mol. The highest BCUT2D eigenvalue weighted by atomic mass is 35.5. The van der Waals surface area contributed by atoms with E-state index >= 15 is 0 Å². The summed E-state index contributed by atoms with van der Waals surface area (Å²) in [5.41, 5.74) is 6.69. The van der Waals surface area contributed by atoms with E-state index in [1.807, 2.05) is 19.9 Å². The minimum Gasteiger partial charge on any atom is -0.328 e. The molecule has 2 atom stereocenters. The Morgan fingerprint density at radius 1 is 1.43 bits per heavy atom. The predicted octanol–water partition coefficient (Wildman–Crippen LogP) is 2.82. The molecule has 0 amide bonds. The molecule has 4 nitrogen and oxygen atoms in total. The van der Waals surface area contributed by atoms with Gasteiger partial charge in [0.25, 0.3) is 0 Å². The molecule has 0 radical (unpaired) electrons. The van der Waals surface area contributed by atoms with Crippen molar-refractivity contribution in [2.45, 2.75) is 37.6 Å². The third-order valence-electron chi connectivity index (χ3n) is 3.94. The number of piperidine rings is 1. The number of nitrogens with two attached hydrogens (primary N) is 1. The van der Waals surface area contributed by atoms with Crippen LogP contribution in [0.3, 0.4) is 0 Å². The first-order valence-corrected chi connectivity index (χ1v) is 8.66. The van der Waals surface area contributed by atoms with E-state index in [0.29, 0.717) is 18.1 Å². The summed E-state index contributed by atoms with van der Waals surface area (Å²) in [6.07, 6.45) is 1.82. The van der Waals surface area contributed by atoms with Gasteiger partial charge >= 0.3 is 0 Å². The van der Waals surface area contributed by atoms with Crippen LogP contribution in [0.25, 0.3) is 0 Å². The Kier molecular flexibility index (Phi) is 6.50. The fraction of sp³-hybridized carbons (Fsp3) is 0.571. The molecule has 0 aromatic heterocycles. The van der Waals surface area contributed by atoms with Gasteiger partial charge in [0.05, 0.1) is 5.02 Å². The Labute approximate surface area is 138 Å². The van der Waals surface area contributed by atoms with Gasteiger partial charge in [-0.05, 0) is 44.2 Å². The van der Waals surface area contributed by atoms with Gasteiger partial charge in [-0.15, -0.1) is 12.4 Å². The third-order valence-corrected chi connectivity index (χ3v) is 6.46. The fourth-order valence-corrected chi connectivity index (χ4v) is 4.67. The standard InChI is InChI=1S/C14H21ClN2O2S.ClH/c1-10-5-3-7-13(14(10)15)20(18,19)17-8-4-6-12(9-17)11(2)16;/h3,5,7,11-12H,4,6,8-9,16H2,1-2H3;1H. The van der Waals surface area contributed by atoms with Crippen LogP contribution in [0.1, 0.15) is 25.3 Å². The van der Waals surface area contributed by atoms with Crippen molar-refractivity contribution in [2.75, 3.05) is 13.1 Å². The van der Waals surface area contributed by atoms with Crippen LogP contribution in [0.2, 0.25) is 5.02 Å². The zero-order chi connectivity index (χ0) is 14.9. The van der Waals surface area contributed by atoms with E-state index in [2.05, 4.69) is 0 Å². The second-order valence-electron chi connectivity index (χ2n) is 5.51. The summed E-state index contributed by atoms with van der Waals surface area (Å²) in [5, 5.41) is 0.315. The number of sulfonamides is 1. The van der Waals surface area contributed by atoms with E-state index in [1.165, 1.54) is 4.31 Å². The van der Waals surface area contributed by atoms with E-state index in [-0.39, 0.29) is 29.3 Å². The summed E-state index contributed by atoms with van der Waals surface area (Å²) in [4.78, 5) is 0.199. The number of rotatable bonds is 3. The van der Waals surface area contributed by atoms with Crippen LogP contribution in [0, 0.1) is 12.8 Å². The van der Waals surface area contributed by atoms with Gasteiger partial charge in [-0.2, -0.15) is 4.31 Å². The molecule has 2 rings (SSSR count). The number of nitrogens with zero attached hydrogens (tertiary/aromatic N) is 1. The molecule has 2 N–H and O–H groups in total. The van der Waals surface area contributed by atoms with Gasteiger partial charge in [0.15, 0.2) is 0 Å². The van der Waals surface area contributed by atoms with Gasteiger partial charge in [0.2, 0.25) is 10.0 Å². The van der Waals surface area contributed by atoms with Crippen LogP contribution in [-0.2, 0) is 10.0 Å². The average Bonchev–Trinajstić information content (AvgIpc) is 2.41. The summed E-state index contributed by atoms with van der Waals surface area (Å²) < 4.78 is 27.0. The molecule has 7 heteroatoms. The first-order chi connectivity index (χ1) is 9.34. The molecule has 0 bridgehead atoms. The number of hydrogen-bond donors (Lipinski definition) is 1. The molecule has 1 fully saturated rings. The largest absolute Gasteiger partial charge is 0.328 e. The maximum absolute atomic E-state index is 12.7. The Morgan fingerprint density at radius 3 is 2.71 bits per heavy atom. The summed E-state index contributed by atoms with van der Waals surface area (Å²) in [6.45, 7) is 4.75. The van der Waals surface area contributed by atoms with Crippen molar-refractivity contribution < 1.29 is 8.42 Å². The van der Waals surface area contributed by atoms with Crippen molar-refractivity contribution >= 4 is 34.0 Å². The monoisotopic (exact) mass is 352 g/mol. The van der Waals surface area contributed by atoms with Crippen LogP contribution in [0.5, 0.6) is 0 Å². The minimum absolute atomic E-state index is 0. The highest BCUT2D eigenvalue weighted by Crippen LogP contribution is 2.30. The SMILES string of the molecule is Cc1cccc(S(=O)(=O)N2CCCC(C(C)N)C2)c1Cl.Cl. The van der Waals surface area contributed by atoms with Gasteiger partial charge in [0.1, 0.15) is 4.90 Å². The summed E-state index contributed by atoms with van der Waals surface area (Å²) in [5.74, 6) is 0.210. The van der Waals surface area contributed by atoms with E-state index in [4.69, 9.17) is 17.3 Å². The molecular formula is C14H22Cl2N2O2S. The lowest BCUT2D eigenvalue weighted by atomic mass is 9.93. The maximum Gasteiger partial charge on any atom is 0.244 e. The molecule has 1 aromatic rings. The molecule has 0 spiro atoms. The molecule has 1 saturated heterocycles. The molecule has 2 unspecified atom stereocenters. The van der Waals surface area contributed by atoms with Gasteiger partial charge in [-0.3, -0.25) is 0 Å². The van der Waals surface area contributed by atoms with Gasteiger partial charge in [0, 0.05) is 19.1 Å². The molecule has 21 heavy (non-hydrogen) atoms. The number of aryl methyl sites for hydroxylation is 1. The molecule has 1 aliphatic heterocycles. The first kappa shape index (κ1) is 18.7. The van der Waals surface area contributed by atoms with E-state index in [1.54, 1.807) is 12.1 Å². The van der Waals surface area contributed by atoms with Crippen molar-refractivity contribution in [3.8, 4) is 0 Å². The molecule has 1 aliphatic rings. The third kappa shape index (κ3) is 3.90. The molecule has 120 valence electrons. The first-order valence-electron chi connectivity index (χ1n) is 6.85. The van der Waals surface area contributed by atoms with E-state index < -0.39 is 10.0 Å². The fourth-order valence-electron chi connectivity index (χ4n) is 2.58. The summed E-state index contributed by atoms with van der Waals surface area (Å²) in [7, 11) is -3.54. The van der Waals surface area contributed by atoms with Crippen LogP contribution < -0.4 is 5.73 Å². The Hall–Kier alpha value is -0.330. The minimum atomic E-state index is -3.54. The van der Waals surface area contributed by atoms with Crippen molar-refractivity contribution in [1.29, 1.82) is 0 Å². The molecule has 1 heterocycles. The van der Waals surface area contributed by atoms with Gasteiger partial charge in [-0.1, -0.05) is 23.7 Å². The number of benzene rings is 1. The Morgan fingerprint density at radius 2 is 2.10 bits per heavy atom. The van der Waals surface area contributed by atoms with Crippen LogP contribution in [0.15, 0.2) is 23.1 Å². The normalized spacial score (nSPS) is 21.6. The summed E-state index contributed by atoms with van der Waals surface area (Å²) >= 11 is 6.17. The van der Waals surface area contributed by atoms with Crippen LogP contribution >= 0.6 is 24.0 Å². The van der Waals surface area contributed by atoms with Crippen LogP contribution in [-0.4, -0.2) is 31.9 Å². The van der Waals surface area contributed by atoms with E-state index in [9.17, 15) is 8.42 Å². The van der Waals surface area contributed by atoms with Crippen molar-refractivity contribution in [3.63, 3.8) is 0 Å². The van der Waals surface area contributed by atoms with Crippen molar-refractivity contribution in [3.05, 3.63) is 28.8 Å². The Balaban J connectivity index is 0.00000220. The van der Waals surface area contributed by atoms with Crippen molar-refractivity contribution in [1.82, 2.24) is 4.31 Å². The molecule has 0 saturated carbocycles. The number of hydrogen-bond acceptors (Lipinski definition) is 3.